The van der Waals surface area contributed by atoms with Crippen molar-refractivity contribution < 1.29 is 4.74 Å². The summed E-state index contributed by atoms with van der Waals surface area (Å²) in [5.74, 6) is 1.44. The van der Waals surface area contributed by atoms with Gasteiger partial charge >= 0.3 is 0 Å². The Kier molecular flexibility index (Phi) is 3.56. The predicted molar refractivity (Wildman–Crippen MR) is 60.1 cm³/mol. The zero-order valence-electron chi connectivity index (χ0n) is 9.20. The molecule has 0 bridgehead atoms. The summed E-state index contributed by atoms with van der Waals surface area (Å²) in [4.78, 5) is 4.22. The van der Waals surface area contributed by atoms with Gasteiger partial charge in [0.1, 0.15) is 0 Å². The summed E-state index contributed by atoms with van der Waals surface area (Å²) < 4.78 is 5.66. The van der Waals surface area contributed by atoms with E-state index in [1.165, 1.54) is 18.4 Å². The van der Waals surface area contributed by atoms with Gasteiger partial charge in [0, 0.05) is 12.3 Å². The normalized spacial score (nSPS) is 17.7. The molecule has 0 atom stereocenters. The van der Waals surface area contributed by atoms with E-state index in [9.17, 15) is 0 Å². The lowest BCUT2D eigenvalue weighted by Crippen LogP contribution is -2.30. The average Bonchev–Trinajstić information content (AvgIpc) is 2.30. The standard InChI is InChI=1S/C12H18N2O/c1-10-2-3-12(14-8-10)15-9-11-4-6-13-7-5-11/h2-3,8,11,13H,4-7,9H2,1H3. The molecule has 1 aliphatic rings. The van der Waals surface area contributed by atoms with Gasteiger partial charge in [0.25, 0.3) is 0 Å². The van der Waals surface area contributed by atoms with Gasteiger partial charge in [-0.2, -0.15) is 0 Å². The van der Waals surface area contributed by atoms with Crippen molar-refractivity contribution in [2.24, 2.45) is 5.92 Å². The molecule has 0 unspecified atom stereocenters. The zero-order chi connectivity index (χ0) is 10.5. The molecular formula is C12H18N2O. The molecule has 15 heavy (non-hydrogen) atoms. The third kappa shape index (κ3) is 3.20. The van der Waals surface area contributed by atoms with Gasteiger partial charge in [-0.3, -0.25) is 0 Å². The number of nitrogens with one attached hydrogen (secondary N) is 1. The van der Waals surface area contributed by atoms with Crippen molar-refractivity contribution >= 4 is 0 Å². The number of hydrogen-bond donors (Lipinski definition) is 1. The second kappa shape index (κ2) is 5.12. The highest BCUT2D eigenvalue weighted by atomic mass is 16.5. The molecule has 1 aromatic heterocycles. The fraction of sp³-hybridized carbons (Fsp3) is 0.583. The second-order valence-corrected chi connectivity index (χ2v) is 4.18. The molecule has 0 radical (unpaired) electrons. The van der Waals surface area contributed by atoms with Crippen LogP contribution in [-0.2, 0) is 0 Å². The van der Waals surface area contributed by atoms with E-state index in [-0.39, 0.29) is 0 Å². The molecule has 0 saturated carbocycles. The van der Waals surface area contributed by atoms with Crippen LogP contribution in [0.15, 0.2) is 18.3 Å². The quantitative estimate of drug-likeness (QED) is 0.818. The van der Waals surface area contributed by atoms with Crippen LogP contribution in [0.3, 0.4) is 0 Å². The van der Waals surface area contributed by atoms with Crippen molar-refractivity contribution in [3.05, 3.63) is 23.9 Å². The van der Waals surface area contributed by atoms with Gasteiger partial charge in [-0.15, -0.1) is 0 Å². The van der Waals surface area contributed by atoms with E-state index < -0.39 is 0 Å². The molecule has 3 nitrogen and oxygen atoms in total. The van der Waals surface area contributed by atoms with Gasteiger partial charge in [-0.05, 0) is 44.3 Å². The largest absolute Gasteiger partial charge is 0.477 e. The van der Waals surface area contributed by atoms with Gasteiger partial charge in [-0.1, -0.05) is 6.07 Å². The molecule has 1 N–H and O–H groups in total. The molecule has 1 aromatic rings. The van der Waals surface area contributed by atoms with Crippen LogP contribution in [0.25, 0.3) is 0 Å². The van der Waals surface area contributed by atoms with Crippen molar-refractivity contribution in [3.63, 3.8) is 0 Å². The smallest absolute Gasteiger partial charge is 0.213 e. The minimum Gasteiger partial charge on any atom is -0.477 e. The molecule has 1 aliphatic heterocycles. The summed E-state index contributed by atoms with van der Waals surface area (Å²) >= 11 is 0. The van der Waals surface area contributed by atoms with Crippen LogP contribution in [0, 0.1) is 12.8 Å². The van der Waals surface area contributed by atoms with E-state index >= 15 is 0 Å². The van der Waals surface area contributed by atoms with Crippen molar-refractivity contribution in [1.82, 2.24) is 10.3 Å². The number of aryl methyl sites for hydroxylation is 1. The summed E-state index contributed by atoms with van der Waals surface area (Å²) in [5, 5.41) is 3.35. The molecule has 0 aromatic carbocycles. The Balaban J connectivity index is 1.79. The predicted octanol–water partition coefficient (Wildman–Crippen LogP) is 1.77. The van der Waals surface area contributed by atoms with Crippen LogP contribution in [0.2, 0.25) is 0 Å². The number of hydrogen-bond acceptors (Lipinski definition) is 3. The number of pyridine rings is 1. The molecule has 0 amide bonds. The number of nitrogens with zero attached hydrogens (tertiary/aromatic N) is 1. The summed E-state index contributed by atoms with van der Waals surface area (Å²) in [6.07, 6.45) is 4.27. The first kappa shape index (κ1) is 10.4. The minimum atomic E-state index is 0.689. The lowest BCUT2D eigenvalue weighted by molar-refractivity contribution is 0.209. The average molecular weight is 206 g/mol. The van der Waals surface area contributed by atoms with Crippen LogP contribution in [0.1, 0.15) is 18.4 Å². The monoisotopic (exact) mass is 206 g/mol. The highest BCUT2D eigenvalue weighted by Gasteiger charge is 2.13. The fourth-order valence-electron chi connectivity index (χ4n) is 1.79. The number of aromatic nitrogens is 1. The molecule has 1 fully saturated rings. The first-order chi connectivity index (χ1) is 7.34. The summed E-state index contributed by atoms with van der Waals surface area (Å²) in [6.45, 7) is 5.08. The molecule has 3 heteroatoms. The molecule has 2 rings (SSSR count). The second-order valence-electron chi connectivity index (χ2n) is 4.18. The highest BCUT2D eigenvalue weighted by Crippen LogP contribution is 2.14. The maximum absolute atomic E-state index is 5.66. The maximum Gasteiger partial charge on any atom is 0.213 e. The molecule has 82 valence electrons. The Labute approximate surface area is 90.9 Å². The molecule has 0 aliphatic carbocycles. The molecule has 2 heterocycles. The van der Waals surface area contributed by atoms with E-state index in [4.69, 9.17) is 4.74 Å². The van der Waals surface area contributed by atoms with Crippen molar-refractivity contribution in [3.8, 4) is 5.88 Å². The minimum absolute atomic E-state index is 0.689. The zero-order valence-corrected chi connectivity index (χ0v) is 9.20. The highest BCUT2D eigenvalue weighted by molar-refractivity contribution is 5.16. The van der Waals surface area contributed by atoms with Gasteiger partial charge in [-0.25, -0.2) is 4.98 Å². The van der Waals surface area contributed by atoms with Crippen LogP contribution in [0.4, 0.5) is 0 Å². The Morgan fingerprint density at radius 1 is 1.40 bits per heavy atom. The van der Waals surface area contributed by atoms with Crippen LogP contribution in [0.5, 0.6) is 5.88 Å². The summed E-state index contributed by atoms with van der Waals surface area (Å²) in [5.41, 5.74) is 1.17. The number of piperidine rings is 1. The van der Waals surface area contributed by atoms with Crippen molar-refractivity contribution in [2.75, 3.05) is 19.7 Å². The lowest BCUT2D eigenvalue weighted by Gasteiger charge is -2.22. The summed E-state index contributed by atoms with van der Waals surface area (Å²) in [7, 11) is 0. The Hall–Kier alpha value is -1.09. The summed E-state index contributed by atoms with van der Waals surface area (Å²) in [6, 6.07) is 3.97. The van der Waals surface area contributed by atoms with E-state index in [2.05, 4.69) is 10.3 Å². The van der Waals surface area contributed by atoms with E-state index in [0.29, 0.717) is 5.92 Å². The molecule has 0 spiro atoms. The molecular weight excluding hydrogens is 188 g/mol. The van der Waals surface area contributed by atoms with Gasteiger partial charge in [0.15, 0.2) is 0 Å². The first-order valence-corrected chi connectivity index (χ1v) is 5.61. The van der Waals surface area contributed by atoms with E-state index in [1.54, 1.807) is 0 Å². The van der Waals surface area contributed by atoms with Crippen molar-refractivity contribution in [2.45, 2.75) is 19.8 Å². The Morgan fingerprint density at radius 2 is 2.20 bits per heavy atom. The van der Waals surface area contributed by atoms with Crippen molar-refractivity contribution in [1.29, 1.82) is 0 Å². The third-order valence-electron chi connectivity index (χ3n) is 2.81. The van der Waals surface area contributed by atoms with Gasteiger partial charge < -0.3 is 10.1 Å². The number of rotatable bonds is 3. The Bertz CT molecular complexity index is 291. The first-order valence-electron chi connectivity index (χ1n) is 5.61. The lowest BCUT2D eigenvalue weighted by atomic mass is 9.99. The fourth-order valence-corrected chi connectivity index (χ4v) is 1.79. The molecule has 1 saturated heterocycles. The Morgan fingerprint density at radius 3 is 2.87 bits per heavy atom. The van der Waals surface area contributed by atoms with Crippen LogP contribution >= 0.6 is 0 Å². The SMILES string of the molecule is Cc1ccc(OCC2CCNCC2)nc1. The van der Waals surface area contributed by atoms with Crippen LogP contribution < -0.4 is 10.1 Å². The van der Waals surface area contributed by atoms with Gasteiger partial charge in [0.05, 0.1) is 6.61 Å². The van der Waals surface area contributed by atoms with E-state index in [0.717, 1.165) is 25.6 Å². The maximum atomic E-state index is 5.66. The number of ether oxygens (including phenoxy) is 1. The van der Waals surface area contributed by atoms with Crippen LogP contribution in [-0.4, -0.2) is 24.7 Å². The van der Waals surface area contributed by atoms with Gasteiger partial charge in [0.2, 0.25) is 5.88 Å². The van der Waals surface area contributed by atoms with E-state index in [1.807, 2.05) is 25.3 Å². The topological polar surface area (TPSA) is 34.1 Å². The third-order valence-corrected chi connectivity index (χ3v) is 2.81.